The molecule has 6 aromatic carbocycles. The summed E-state index contributed by atoms with van der Waals surface area (Å²) < 4.78 is 12.5. The van der Waals surface area contributed by atoms with E-state index in [1.54, 1.807) is 18.2 Å². The van der Waals surface area contributed by atoms with Gasteiger partial charge in [-0.15, -0.1) is 42.2 Å². The van der Waals surface area contributed by atoms with Gasteiger partial charge >= 0.3 is 0 Å². The van der Waals surface area contributed by atoms with E-state index in [1.807, 2.05) is 69.0 Å². The van der Waals surface area contributed by atoms with Crippen molar-refractivity contribution in [2.75, 3.05) is 0 Å². The van der Waals surface area contributed by atoms with E-state index in [-0.39, 0.29) is 17.2 Å². The first-order chi connectivity index (χ1) is 25.5. The van der Waals surface area contributed by atoms with Crippen LogP contribution < -0.4 is 0 Å². The van der Waals surface area contributed by atoms with E-state index in [0.29, 0.717) is 5.92 Å². The summed E-state index contributed by atoms with van der Waals surface area (Å²) in [5.41, 5.74) is 12.9. The van der Waals surface area contributed by atoms with Gasteiger partial charge in [-0.25, -0.2) is 0 Å². The van der Waals surface area contributed by atoms with E-state index in [2.05, 4.69) is 82.4 Å². The number of aromatic hydroxyl groups is 3. The molecule has 6 heterocycles. The van der Waals surface area contributed by atoms with E-state index in [4.69, 9.17) is 0 Å². The molecule has 0 saturated carbocycles. The molecule has 0 bridgehead atoms. The number of benzene rings is 6. The Morgan fingerprint density at radius 1 is 0.346 bits per heavy atom. The first-order valence-electron chi connectivity index (χ1n) is 17.5. The smallest absolute Gasteiger partial charge is 0.143 e. The number of rotatable bonds is 9. The highest BCUT2D eigenvalue weighted by Crippen LogP contribution is 2.35. The van der Waals surface area contributed by atoms with Gasteiger partial charge in [-0.05, 0) is 115 Å². The van der Waals surface area contributed by atoms with Crippen molar-refractivity contribution in [3.8, 4) is 34.3 Å². The molecule has 0 aliphatic carbocycles. The summed E-state index contributed by atoms with van der Waals surface area (Å²) in [7, 11) is 0. The molecule has 12 heteroatoms. The number of hydrogen-bond acceptors (Lipinski definition) is 3. The van der Waals surface area contributed by atoms with E-state index < -0.39 is 0 Å². The van der Waals surface area contributed by atoms with Crippen LogP contribution in [-0.2, 0) is 19.3 Å². The van der Waals surface area contributed by atoms with Gasteiger partial charge < -0.3 is 15.3 Å². The number of nitrogens with zero attached hydrogens (tertiary/aromatic N) is 9. The second-order valence-electron chi connectivity index (χ2n) is 14.0. The SMILES string of the molecule is Oc1ccccc1-n1n2c3ccc(CC(Cc4ccc5c(c4)n4n(-c6ccccc6O)n54)Cc4ccc5c(c4)n4n(-c6ccccc6O)n54)cc3n12. The maximum atomic E-state index is 10.5. The highest BCUT2D eigenvalue weighted by atomic mass is 16.3. The fourth-order valence-corrected chi connectivity index (χ4v) is 8.28. The van der Waals surface area contributed by atoms with Gasteiger partial charge in [0.05, 0.1) is 0 Å². The average Bonchev–Trinajstić information content (AvgIpc) is 4.08. The lowest BCUT2D eigenvalue weighted by Gasteiger charge is -2.19. The molecule has 254 valence electrons. The zero-order valence-electron chi connectivity index (χ0n) is 27.7. The predicted molar refractivity (Wildman–Crippen MR) is 196 cm³/mol. The second kappa shape index (κ2) is 9.58. The molecule has 0 fully saturated rings. The lowest BCUT2D eigenvalue weighted by molar-refractivity contribution is 0.471. The molecule has 0 aliphatic heterocycles. The zero-order chi connectivity index (χ0) is 34.4. The number of para-hydroxylation sites is 6. The van der Waals surface area contributed by atoms with E-state index in [0.717, 1.165) is 69.4 Å². The number of phenolic OH excluding ortho intramolecular Hbond substituents is 3. The molecule has 0 radical (unpaired) electrons. The van der Waals surface area contributed by atoms with Gasteiger partial charge in [-0.2, -0.15) is 0 Å². The molecular weight excluding hydrogens is 654 g/mol. The van der Waals surface area contributed by atoms with Gasteiger partial charge in [0, 0.05) is 0 Å². The van der Waals surface area contributed by atoms with Gasteiger partial charge in [0.25, 0.3) is 0 Å². The molecule has 3 N–H and O–H groups in total. The van der Waals surface area contributed by atoms with Crippen LogP contribution in [0.2, 0.25) is 0 Å². The Labute approximate surface area is 293 Å². The van der Waals surface area contributed by atoms with Gasteiger partial charge in [0.15, 0.2) is 0 Å². The summed E-state index contributed by atoms with van der Waals surface area (Å²) in [5, 5.41) is 31.4. The number of aromatic nitrogens is 9. The third-order valence-corrected chi connectivity index (χ3v) is 10.8. The van der Waals surface area contributed by atoms with Gasteiger partial charge in [-0.1, -0.05) is 54.6 Å². The summed E-state index contributed by atoms with van der Waals surface area (Å²) in [4.78, 5) is 5.98. The highest BCUT2D eigenvalue weighted by Gasteiger charge is 2.29. The van der Waals surface area contributed by atoms with Crippen LogP contribution in [-0.4, -0.2) is 57.5 Å². The summed E-state index contributed by atoms with van der Waals surface area (Å²) in [6.07, 6.45) is 2.68. The molecule has 0 atom stereocenters. The van der Waals surface area contributed by atoms with Crippen molar-refractivity contribution in [1.82, 2.24) is 42.2 Å². The molecule has 12 nitrogen and oxygen atoms in total. The molecule has 12 aromatic rings. The van der Waals surface area contributed by atoms with Crippen molar-refractivity contribution in [1.29, 1.82) is 0 Å². The van der Waals surface area contributed by atoms with Crippen molar-refractivity contribution in [2.45, 2.75) is 19.3 Å². The molecule has 0 amide bonds. The van der Waals surface area contributed by atoms with E-state index in [1.165, 1.54) is 16.7 Å². The zero-order valence-corrected chi connectivity index (χ0v) is 27.7. The lowest BCUT2D eigenvalue weighted by atomic mass is 9.87. The van der Waals surface area contributed by atoms with Crippen molar-refractivity contribution >= 4 is 33.1 Å². The van der Waals surface area contributed by atoms with E-state index >= 15 is 0 Å². The molecule has 0 saturated heterocycles. The van der Waals surface area contributed by atoms with Crippen molar-refractivity contribution in [2.24, 2.45) is 5.92 Å². The maximum absolute atomic E-state index is 10.5. The molecule has 6 aromatic heterocycles. The normalized spacial score (nSPS) is 12.9. The first kappa shape index (κ1) is 27.7. The van der Waals surface area contributed by atoms with Gasteiger partial charge in [0.1, 0.15) is 67.4 Å². The molecule has 0 aliphatic rings. The third kappa shape index (κ3) is 3.69. The summed E-state index contributed by atoms with van der Waals surface area (Å²) in [5.74, 6) is 1.07. The molecule has 12 rings (SSSR count). The minimum absolute atomic E-state index is 0.254. The summed E-state index contributed by atoms with van der Waals surface area (Å²) in [6, 6.07) is 42.3. The summed E-state index contributed by atoms with van der Waals surface area (Å²) in [6.45, 7) is 0. The Bertz CT molecular complexity index is 2890. The number of phenols is 3. The van der Waals surface area contributed by atoms with Crippen LogP contribution in [0.3, 0.4) is 0 Å². The van der Waals surface area contributed by atoms with Crippen LogP contribution in [0.5, 0.6) is 17.2 Å². The van der Waals surface area contributed by atoms with Crippen LogP contribution in [0, 0.1) is 5.92 Å². The Balaban J connectivity index is 0.883. The Morgan fingerprint density at radius 3 is 0.942 bits per heavy atom. The Kier molecular flexibility index (Phi) is 5.10. The van der Waals surface area contributed by atoms with Crippen molar-refractivity contribution < 1.29 is 15.3 Å². The van der Waals surface area contributed by atoms with Crippen molar-refractivity contribution in [3.05, 3.63) is 144 Å². The van der Waals surface area contributed by atoms with Crippen LogP contribution in [0.25, 0.3) is 50.2 Å². The Morgan fingerprint density at radius 2 is 0.635 bits per heavy atom. The fraction of sp³-hybridized carbons (Fsp3) is 0.100. The molecule has 52 heavy (non-hydrogen) atoms. The van der Waals surface area contributed by atoms with Crippen molar-refractivity contribution in [3.63, 3.8) is 0 Å². The van der Waals surface area contributed by atoms with Crippen LogP contribution in [0.15, 0.2) is 127 Å². The maximum Gasteiger partial charge on any atom is 0.143 e. The quantitative estimate of drug-likeness (QED) is 0.159. The molecule has 0 unspecified atom stereocenters. The minimum atomic E-state index is 0.254. The predicted octanol–water partition coefficient (Wildman–Crippen LogP) is 6.65. The number of fused-ring (bicyclic) bond motifs is 12. The number of hydrogen-bond donors (Lipinski definition) is 3. The second-order valence-corrected chi connectivity index (χ2v) is 14.0. The topological polar surface area (TPSA) is 102 Å². The summed E-state index contributed by atoms with van der Waals surface area (Å²) >= 11 is 0. The Hall–Kier alpha value is -7.08. The lowest BCUT2D eigenvalue weighted by Crippen LogP contribution is -2.13. The van der Waals surface area contributed by atoms with Crippen LogP contribution in [0.4, 0.5) is 0 Å². The first-order valence-corrected chi connectivity index (χ1v) is 17.5. The minimum Gasteiger partial charge on any atom is -0.506 e. The molecule has 0 spiro atoms. The van der Waals surface area contributed by atoms with Crippen LogP contribution >= 0.6 is 0 Å². The van der Waals surface area contributed by atoms with Gasteiger partial charge in [0.2, 0.25) is 0 Å². The third-order valence-electron chi connectivity index (χ3n) is 10.8. The monoisotopic (exact) mass is 685 g/mol. The molecular formula is C40H31N9O3. The highest BCUT2D eigenvalue weighted by molar-refractivity contribution is 5.82. The largest absolute Gasteiger partial charge is 0.506 e. The van der Waals surface area contributed by atoms with Crippen LogP contribution in [0.1, 0.15) is 16.7 Å². The average molecular weight is 686 g/mol. The standard InChI is InChI=1S/C40H31N9O3/c50-38-10-4-1-7-32(38)44-41-29-16-13-25(22-35(29)47(41)44)19-28(20-26-14-17-30-36(23-26)48-42(30)45(48)33-8-2-5-11-39(33)51)21-27-15-18-31-37(24-27)49-43(31)46(49)34-9-3-6-12-40(34)52/h1-18,22-24,28,50-52H,19-21H2. The van der Waals surface area contributed by atoms with E-state index in [9.17, 15) is 15.3 Å². The van der Waals surface area contributed by atoms with Gasteiger partial charge in [-0.3, -0.25) is 0 Å². The fourth-order valence-electron chi connectivity index (χ4n) is 8.28.